The van der Waals surface area contributed by atoms with Gasteiger partial charge in [0, 0.05) is 13.0 Å². The molecule has 1 heterocycles. The highest BCUT2D eigenvalue weighted by Crippen LogP contribution is 2.01. The van der Waals surface area contributed by atoms with E-state index in [4.69, 9.17) is 11.5 Å². The van der Waals surface area contributed by atoms with Crippen LogP contribution in [0.25, 0.3) is 0 Å². The molecule has 0 fully saturated rings. The van der Waals surface area contributed by atoms with Gasteiger partial charge in [-0.3, -0.25) is 4.98 Å². The first-order valence-electron chi connectivity index (χ1n) is 3.96. The minimum atomic E-state index is -1.10. The number of nitrogens with one attached hydrogen (secondary N) is 1. The van der Waals surface area contributed by atoms with Crippen LogP contribution in [0.4, 0.5) is 5.82 Å². The second kappa shape index (κ2) is 4.82. The van der Waals surface area contributed by atoms with E-state index in [1.54, 1.807) is 0 Å². The van der Waals surface area contributed by atoms with Gasteiger partial charge in [0.15, 0.2) is 5.69 Å². The zero-order valence-corrected chi connectivity index (χ0v) is 7.40. The molecule has 0 aliphatic carbocycles. The number of hydrogen-bond donors (Lipinski definition) is 2. The number of terminal acetylenes is 1. The zero-order valence-electron chi connectivity index (χ0n) is 7.40. The number of carbonyl (C=O) groups is 1. The van der Waals surface area contributed by atoms with Gasteiger partial charge >= 0.3 is 5.97 Å². The maximum atomic E-state index is 10.5. The van der Waals surface area contributed by atoms with Crippen molar-refractivity contribution in [2.75, 3.05) is 11.9 Å². The number of hydrogen-bond acceptors (Lipinski definition) is 4. The van der Waals surface area contributed by atoms with Crippen LogP contribution in [-0.4, -0.2) is 27.6 Å². The Bertz CT molecular complexity index is 371. The van der Waals surface area contributed by atoms with Gasteiger partial charge < -0.3 is 10.4 Å². The first kappa shape index (κ1) is 9.99. The van der Waals surface area contributed by atoms with Crippen molar-refractivity contribution in [1.82, 2.24) is 9.97 Å². The minimum Gasteiger partial charge on any atom is -0.476 e. The summed E-state index contributed by atoms with van der Waals surface area (Å²) >= 11 is 0. The van der Waals surface area contributed by atoms with Gasteiger partial charge in [-0.05, 0) is 0 Å². The van der Waals surface area contributed by atoms with Crippen LogP contribution < -0.4 is 5.32 Å². The average molecular weight is 191 g/mol. The van der Waals surface area contributed by atoms with Gasteiger partial charge in [0.2, 0.25) is 0 Å². The molecule has 1 rings (SSSR count). The molecular formula is C9H9N3O2. The lowest BCUT2D eigenvalue weighted by atomic mass is 10.4. The van der Waals surface area contributed by atoms with Crippen molar-refractivity contribution in [3.05, 3.63) is 18.1 Å². The van der Waals surface area contributed by atoms with Crippen molar-refractivity contribution < 1.29 is 9.90 Å². The fraction of sp³-hybridized carbons (Fsp3) is 0.222. The molecule has 0 saturated carbocycles. The van der Waals surface area contributed by atoms with E-state index in [-0.39, 0.29) is 5.69 Å². The highest BCUT2D eigenvalue weighted by molar-refractivity contribution is 5.85. The van der Waals surface area contributed by atoms with Crippen molar-refractivity contribution in [2.24, 2.45) is 0 Å². The number of nitrogens with zero attached hydrogens (tertiary/aromatic N) is 2. The largest absolute Gasteiger partial charge is 0.476 e. The Morgan fingerprint density at radius 2 is 2.43 bits per heavy atom. The smallest absolute Gasteiger partial charge is 0.356 e. The summed E-state index contributed by atoms with van der Waals surface area (Å²) in [7, 11) is 0. The SMILES string of the molecule is C#CCCNc1cncc(C(=O)O)n1. The van der Waals surface area contributed by atoms with Crippen molar-refractivity contribution >= 4 is 11.8 Å². The molecule has 0 spiro atoms. The summed E-state index contributed by atoms with van der Waals surface area (Å²) in [4.78, 5) is 18.0. The number of carboxylic acid groups (broad SMARTS) is 1. The summed E-state index contributed by atoms with van der Waals surface area (Å²) in [5.74, 6) is 1.77. The Kier molecular flexibility index (Phi) is 3.44. The van der Waals surface area contributed by atoms with E-state index in [1.807, 2.05) is 0 Å². The van der Waals surface area contributed by atoms with Crippen molar-refractivity contribution in [3.63, 3.8) is 0 Å². The zero-order chi connectivity index (χ0) is 10.4. The van der Waals surface area contributed by atoms with E-state index < -0.39 is 5.97 Å². The van der Waals surface area contributed by atoms with Crippen molar-refractivity contribution in [3.8, 4) is 12.3 Å². The topological polar surface area (TPSA) is 75.1 Å². The molecule has 5 heteroatoms. The highest BCUT2D eigenvalue weighted by atomic mass is 16.4. The van der Waals surface area contributed by atoms with Crippen molar-refractivity contribution in [2.45, 2.75) is 6.42 Å². The van der Waals surface area contributed by atoms with E-state index in [1.165, 1.54) is 12.4 Å². The summed E-state index contributed by atoms with van der Waals surface area (Å²) in [6.45, 7) is 0.550. The summed E-state index contributed by atoms with van der Waals surface area (Å²) in [6, 6.07) is 0. The quantitative estimate of drug-likeness (QED) is 0.538. The number of aromatic nitrogens is 2. The van der Waals surface area contributed by atoms with Crippen molar-refractivity contribution in [1.29, 1.82) is 0 Å². The molecule has 14 heavy (non-hydrogen) atoms. The lowest BCUT2D eigenvalue weighted by Crippen LogP contribution is -2.07. The maximum Gasteiger partial charge on any atom is 0.356 e. The monoisotopic (exact) mass is 191 g/mol. The number of anilines is 1. The molecule has 1 aromatic heterocycles. The van der Waals surface area contributed by atoms with E-state index >= 15 is 0 Å². The predicted molar refractivity (Wildman–Crippen MR) is 50.9 cm³/mol. The molecule has 2 N–H and O–H groups in total. The molecule has 5 nitrogen and oxygen atoms in total. The molecule has 0 atom stereocenters. The molecule has 0 aliphatic heterocycles. The third-order valence-corrected chi connectivity index (χ3v) is 1.43. The number of carboxylic acids is 1. The summed E-state index contributed by atoms with van der Waals surface area (Å²) < 4.78 is 0. The van der Waals surface area contributed by atoms with Gasteiger partial charge in [0.1, 0.15) is 5.82 Å². The molecule has 0 radical (unpaired) electrons. The molecule has 1 aromatic rings. The van der Waals surface area contributed by atoms with Crippen LogP contribution >= 0.6 is 0 Å². The first-order valence-corrected chi connectivity index (χ1v) is 3.96. The lowest BCUT2D eigenvalue weighted by molar-refractivity contribution is 0.0690. The molecule has 72 valence electrons. The van der Waals surface area contributed by atoms with Crippen LogP contribution in [0.5, 0.6) is 0 Å². The Labute approximate surface area is 81.2 Å². The second-order valence-corrected chi connectivity index (χ2v) is 2.48. The third kappa shape index (κ3) is 2.75. The minimum absolute atomic E-state index is 0.0873. The van der Waals surface area contributed by atoms with E-state index in [0.29, 0.717) is 18.8 Å². The molecule has 0 aliphatic rings. The van der Waals surface area contributed by atoms with Gasteiger partial charge in [0.05, 0.1) is 12.4 Å². The Morgan fingerprint density at radius 1 is 1.64 bits per heavy atom. The number of rotatable bonds is 4. The van der Waals surface area contributed by atoms with Gasteiger partial charge in [-0.15, -0.1) is 12.3 Å². The lowest BCUT2D eigenvalue weighted by Gasteiger charge is -2.02. The van der Waals surface area contributed by atoms with E-state index in [0.717, 1.165) is 0 Å². The average Bonchev–Trinajstić information content (AvgIpc) is 2.19. The van der Waals surface area contributed by atoms with Gasteiger partial charge in [-0.1, -0.05) is 0 Å². The second-order valence-electron chi connectivity index (χ2n) is 2.48. The van der Waals surface area contributed by atoms with Crippen LogP contribution in [0.2, 0.25) is 0 Å². The highest BCUT2D eigenvalue weighted by Gasteiger charge is 2.04. The van der Waals surface area contributed by atoms with E-state index in [2.05, 4.69) is 21.2 Å². The molecule has 0 saturated heterocycles. The Balaban J connectivity index is 2.65. The predicted octanol–water partition coefficient (Wildman–Crippen LogP) is 0.610. The third-order valence-electron chi connectivity index (χ3n) is 1.43. The molecular weight excluding hydrogens is 182 g/mol. The van der Waals surface area contributed by atoms with Gasteiger partial charge in [-0.2, -0.15) is 0 Å². The molecule has 0 bridgehead atoms. The fourth-order valence-electron chi connectivity index (χ4n) is 0.817. The van der Waals surface area contributed by atoms with Crippen LogP contribution in [-0.2, 0) is 0 Å². The molecule has 0 amide bonds. The van der Waals surface area contributed by atoms with Gasteiger partial charge in [0.25, 0.3) is 0 Å². The maximum absolute atomic E-state index is 10.5. The van der Waals surface area contributed by atoms with E-state index in [9.17, 15) is 4.79 Å². The van der Waals surface area contributed by atoms with Gasteiger partial charge in [-0.25, -0.2) is 9.78 Å². The summed E-state index contributed by atoms with van der Waals surface area (Å²) in [5.41, 5.74) is -0.0873. The number of aromatic carboxylic acids is 1. The normalized spacial score (nSPS) is 9.07. The van der Waals surface area contributed by atoms with Crippen LogP contribution in [0.1, 0.15) is 16.9 Å². The summed E-state index contributed by atoms with van der Waals surface area (Å²) in [6.07, 6.45) is 8.24. The van der Waals surface area contributed by atoms with Crippen LogP contribution in [0, 0.1) is 12.3 Å². The Hall–Kier alpha value is -2.09. The Morgan fingerprint density at radius 3 is 3.07 bits per heavy atom. The molecule has 0 aromatic carbocycles. The van der Waals surface area contributed by atoms with Crippen LogP contribution in [0.3, 0.4) is 0 Å². The molecule has 0 unspecified atom stereocenters. The summed E-state index contributed by atoms with van der Waals surface area (Å²) in [5, 5.41) is 11.5. The first-order chi connectivity index (χ1) is 6.74. The van der Waals surface area contributed by atoms with Crippen LogP contribution in [0.15, 0.2) is 12.4 Å². The fourth-order valence-corrected chi connectivity index (χ4v) is 0.817. The standard InChI is InChI=1S/C9H9N3O2/c1-2-3-4-11-8-6-10-5-7(12-8)9(13)14/h1,5-6H,3-4H2,(H,11,12)(H,13,14).